The zero-order chi connectivity index (χ0) is 17.9. The van der Waals surface area contributed by atoms with Crippen LogP contribution in [0.1, 0.15) is 38.7 Å². The van der Waals surface area contributed by atoms with Gasteiger partial charge in [-0.3, -0.25) is 4.99 Å². The van der Waals surface area contributed by atoms with Crippen molar-refractivity contribution in [3.63, 3.8) is 0 Å². The minimum atomic E-state index is 0. The van der Waals surface area contributed by atoms with E-state index in [1.54, 1.807) is 7.11 Å². The number of piperidine rings is 1. The first-order chi connectivity index (χ1) is 12.2. The number of aliphatic imine (C=N–C) groups is 1. The van der Waals surface area contributed by atoms with E-state index < -0.39 is 0 Å². The largest absolute Gasteiger partial charge is 0.497 e. The van der Waals surface area contributed by atoms with Crippen molar-refractivity contribution in [3.8, 4) is 5.75 Å². The van der Waals surface area contributed by atoms with Crippen molar-refractivity contribution in [1.82, 2.24) is 15.5 Å². The van der Waals surface area contributed by atoms with Crippen molar-refractivity contribution in [2.45, 2.75) is 45.6 Å². The van der Waals surface area contributed by atoms with Crippen molar-refractivity contribution < 1.29 is 4.74 Å². The van der Waals surface area contributed by atoms with Crippen molar-refractivity contribution in [2.75, 3.05) is 39.8 Å². The molecule has 0 aliphatic carbocycles. The van der Waals surface area contributed by atoms with Crippen LogP contribution in [0, 0.1) is 0 Å². The fourth-order valence-corrected chi connectivity index (χ4v) is 3.22. The molecule has 0 aromatic heterocycles. The molecule has 1 aliphatic heterocycles. The third kappa shape index (κ3) is 8.12. The molecule has 0 radical (unpaired) electrons. The molecule has 0 atom stereocenters. The molecule has 2 rings (SSSR count). The smallest absolute Gasteiger partial charge is 0.191 e. The van der Waals surface area contributed by atoms with E-state index in [0.717, 1.165) is 31.2 Å². The summed E-state index contributed by atoms with van der Waals surface area (Å²) in [6, 6.07) is 8.77. The highest BCUT2D eigenvalue weighted by molar-refractivity contribution is 14.0. The van der Waals surface area contributed by atoms with Gasteiger partial charge in [-0.1, -0.05) is 19.1 Å². The van der Waals surface area contributed by atoms with Crippen LogP contribution in [0.5, 0.6) is 5.75 Å². The van der Waals surface area contributed by atoms with Gasteiger partial charge in [0.15, 0.2) is 5.96 Å². The third-order valence-corrected chi connectivity index (χ3v) is 4.64. The second-order valence-corrected chi connectivity index (χ2v) is 6.62. The quantitative estimate of drug-likeness (QED) is 0.345. The summed E-state index contributed by atoms with van der Waals surface area (Å²) in [4.78, 5) is 7.31. The molecular formula is C20H35IN4O. The summed E-state index contributed by atoms with van der Waals surface area (Å²) in [5.74, 6) is 1.85. The summed E-state index contributed by atoms with van der Waals surface area (Å²) in [5, 5.41) is 6.99. The molecule has 0 bridgehead atoms. The van der Waals surface area contributed by atoms with Gasteiger partial charge in [-0.2, -0.15) is 0 Å². The molecule has 0 saturated carbocycles. The van der Waals surface area contributed by atoms with Gasteiger partial charge in [0.05, 0.1) is 7.11 Å². The lowest BCUT2D eigenvalue weighted by atomic mass is 10.1. The van der Waals surface area contributed by atoms with E-state index in [2.05, 4.69) is 41.5 Å². The Morgan fingerprint density at radius 1 is 1.19 bits per heavy atom. The van der Waals surface area contributed by atoms with Gasteiger partial charge in [-0.05, 0) is 56.8 Å². The van der Waals surface area contributed by atoms with Gasteiger partial charge in [0, 0.05) is 32.2 Å². The van der Waals surface area contributed by atoms with Gasteiger partial charge in [0.25, 0.3) is 0 Å². The zero-order valence-electron chi connectivity index (χ0n) is 16.5. The number of likely N-dealkylation sites (tertiary alicyclic amines) is 1. The van der Waals surface area contributed by atoms with Crippen molar-refractivity contribution in [3.05, 3.63) is 29.8 Å². The van der Waals surface area contributed by atoms with E-state index in [-0.39, 0.29) is 24.0 Å². The lowest BCUT2D eigenvalue weighted by molar-refractivity contribution is 0.206. The summed E-state index contributed by atoms with van der Waals surface area (Å²) >= 11 is 0. The second-order valence-electron chi connectivity index (χ2n) is 6.62. The predicted molar refractivity (Wildman–Crippen MR) is 121 cm³/mol. The zero-order valence-corrected chi connectivity index (χ0v) is 18.8. The molecule has 148 valence electrons. The van der Waals surface area contributed by atoms with E-state index in [1.807, 2.05) is 12.1 Å². The molecule has 6 heteroatoms. The summed E-state index contributed by atoms with van der Waals surface area (Å²) in [5.41, 5.74) is 1.29. The minimum Gasteiger partial charge on any atom is -0.497 e. The van der Waals surface area contributed by atoms with Crippen molar-refractivity contribution >= 4 is 29.9 Å². The number of halogens is 1. The van der Waals surface area contributed by atoms with Gasteiger partial charge >= 0.3 is 0 Å². The number of guanidine groups is 1. The Hall–Kier alpha value is -1.02. The Balaban J connectivity index is 0.00000338. The Kier molecular flexibility index (Phi) is 11.7. The van der Waals surface area contributed by atoms with Crippen LogP contribution in [-0.4, -0.2) is 56.7 Å². The number of hydrogen-bond acceptors (Lipinski definition) is 3. The highest BCUT2D eigenvalue weighted by Crippen LogP contribution is 2.12. The fourth-order valence-electron chi connectivity index (χ4n) is 3.22. The molecule has 1 saturated heterocycles. The molecule has 1 fully saturated rings. The molecule has 0 unspecified atom stereocenters. The van der Waals surface area contributed by atoms with Crippen LogP contribution in [0.15, 0.2) is 29.3 Å². The maximum Gasteiger partial charge on any atom is 0.191 e. The normalized spacial score (nSPS) is 16.0. The predicted octanol–water partition coefficient (Wildman–Crippen LogP) is 3.29. The maximum absolute atomic E-state index is 5.20. The highest BCUT2D eigenvalue weighted by Gasteiger charge is 2.19. The molecule has 1 heterocycles. The Morgan fingerprint density at radius 3 is 2.46 bits per heavy atom. The Morgan fingerprint density at radius 2 is 1.88 bits per heavy atom. The average molecular weight is 474 g/mol. The molecule has 0 amide bonds. The average Bonchev–Trinajstić information content (AvgIpc) is 2.64. The number of rotatable bonds is 8. The van der Waals surface area contributed by atoms with Gasteiger partial charge in [0.1, 0.15) is 5.75 Å². The summed E-state index contributed by atoms with van der Waals surface area (Å²) in [6.45, 7) is 9.66. The highest BCUT2D eigenvalue weighted by atomic mass is 127. The van der Waals surface area contributed by atoms with Crippen LogP contribution in [0.2, 0.25) is 0 Å². The lowest BCUT2D eigenvalue weighted by Gasteiger charge is -2.32. The van der Waals surface area contributed by atoms with Crippen molar-refractivity contribution in [2.24, 2.45) is 4.99 Å². The van der Waals surface area contributed by atoms with Crippen LogP contribution in [-0.2, 0) is 6.42 Å². The fraction of sp³-hybridized carbons (Fsp3) is 0.650. The van der Waals surface area contributed by atoms with E-state index in [1.165, 1.54) is 44.5 Å². The van der Waals surface area contributed by atoms with Crippen LogP contribution in [0.25, 0.3) is 0 Å². The monoisotopic (exact) mass is 474 g/mol. The van der Waals surface area contributed by atoms with E-state index >= 15 is 0 Å². The Bertz CT molecular complexity index is 513. The molecule has 1 aromatic rings. The molecule has 26 heavy (non-hydrogen) atoms. The number of benzene rings is 1. The summed E-state index contributed by atoms with van der Waals surface area (Å²) in [7, 11) is 1.69. The Labute approximate surface area is 176 Å². The molecule has 5 nitrogen and oxygen atoms in total. The molecule has 0 spiro atoms. The summed E-state index contributed by atoms with van der Waals surface area (Å²) in [6.07, 6.45) is 4.58. The van der Waals surface area contributed by atoms with Crippen LogP contribution < -0.4 is 15.4 Å². The van der Waals surface area contributed by atoms with Crippen molar-refractivity contribution in [1.29, 1.82) is 0 Å². The van der Waals surface area contributed by atoms with E-state index in [4.69, 9.17) is 9.73 Å². The van der Waals surface area contributed by atoms with E-state index in [9.17, 15) is 0 Å². The lowest BCUT2D eigenvalue weighted by Crippen LogP contribution is -2.48. The summed E-state index contributed by atoms with van der Waals surface area (Å²) < 4.78 is 5.20. The molecule has 1 aliphatic rings. The number of ether oxygens (including phenoxy) is 1. The van der Waals surface area contributed by atoms with Crippen LogP contribution in [0.3, 0.4) is 0 Å². The van der Waals surface area contributed by atoms with Gasteiger partial charge in [0.2, 0.25) is 0 Å². The van der Waals surface area contributed by atoms with E-state index in [0.29, 0.717) is 6.04 Å². The molecule has 2 N–H and O–H groups in total. The molecular weight excluding hydrogens is 439 g/mol. The number of methoxy groups -OCH3 is 1. The standard InChI is InChI=1S/C20H34N4O.HI/c1-4-14-24-15-11-18(12-16-24)23-20(21-5-2)22-13-10-17-6-8-19(25-3)9-7-17;/h6-9,18H,4-5,10-16H2,1-3H3,(H2,21,22,23);1H. The second kappa shape index (κ2) is 13.2. The topological polar surface area (TPSA) is 48.9 Å². The minimum absolute atomic E-state index is 0. The molecule has 1 aromatic carbocycles. The third-order valence-electron chi connectivity index (χ3n) is 4.64. The van der Waals surface area contributed by atoms with Crippen LogP contribution >= 0.6 is 24.0 Å². The number of nitrogens with zero attached hydrogens (tertiary/aromatic N) is 2. The first-order valence-corrected chi connectivity index (χ1v) is 9.65. The van der Waals surface area contributed by atoms with Crippen LogP contribution in [0.4, 0.5) is 0 Å². The van der Waals surface area contributed by atoms with Gasteiger partial charge in [-0.15, -0.1) is 24.0 Å². The first-order valence-electron chi connectivity index (χ1n) is 9.65. The SMILES string of the molecule is CCCN1CCC(NC(=NCCc2ccc(OC)cc2)NCC)CC1.I. The van der Waals surface area contributed by atoms with Gasteiger partial charge < -0.3 is 20.3 Å². The maximum atomic E-state index is 5.20. The first kappa shape index (κ1) is 23.0. The number of hydrogen-bond donors (Lipinski definition) is 2. The number of nitrogens with one attached hydrogen (secondary N) is 2. The van der Waals surface area contributed by atoms with Gasteiger partial charge in [-0.25, -0.2) is 0 Å².